The summed E-state index contributed by atoms with van der Waals surface area (Å²) in [5, 5.41) is 3.96. The number of nitrogens with zero attached hydrogens (tertiary/aromatic N) is 3. The molecule has 0 bridgehead atoms. The molecule has 3 rings (SSSR count). The van der Waals surface area contributed by atoms with Gasteiger partial charge in [0.1, 0.15) is 5.76 Å². The molecule has 1 amide bonds. The zero-order chi connectivity index (χ0) is 15.2. The Labute approximate surface area is 124 Å². The topological polar surface area (TPSA) is 51.3 Å². The van der Waals surface area contributed by atoms with Crippen LogP contribution in [0, 0.1) is 0 Å². The van der Waals surface area contributed by atoms with Gasteiger partial charge in [0.15, 0.2) is 5.69 Å². The fourth-order valence-electron chi connectivity index (χ4n) is 2.73. The van der Waals surface area contributed by atoms with Gasteiger partial charge < -0.3 is 14.0 Å². The summed E-state index contributed by atoms with van der Waals surface area (Å²) in [6, 6.07) is 5.90. The number of hydrogen-bond acceptors (Lipinski definition) is 3. The first-order chi connectivity index (χ1) is 9.88. The van der Waals surface area contributed by atoms with Crippen LogP contribution in [0.3, 0.4) is 0 Å². The zero-order valence-corrected chi connectivity index (χ0v) is 13.0. The predicted molar refractivity (Wildman–Crippen MR) is 79.1 cm³/mol. The van der Waals surface area contributed by atoms with Gasteiger partial charge in [-0.05, 0) is 19.1 Å². The largest absolute Gasteiger partial charge is 0.360 e. The lowest BCUT2D eigenvalue weighted by atomic mass is 9.93. The Morgan fingerprint density at radius 1 is 1.38 bits per heavy atom. The first kappa shape index (κ1) is 13.9. The molecule has 0 saturated heterocycles. The SMILES string of the molecule is C[C@H]1c2cccn2CCN1C(=O)c1cc(C(C)(C)C)on1. The molecule has 5 nitrogen and oxygen atoms in total. The second-order valence-electron chi connectivity index (χ2n) is 6.63. The van der Waals surface area contributed by atoms with Crippen molar-refractivity contribution in [2.45, 2.75) is 45.7 Å². The molecule has 1 aliphatic rings. The molecule has 3 heterocycles. The van der Waals surface area contributed by atoms with Crippen LogP contribution in [0.25, 0.3) is 0 Å². The molecule has 0 unspecified atom stereocenters. The van der Waals surface area contributed by atoms with Crippen molar-refractivity contribution >= 4 is 5.91 Å². The van der Waals surface area contributed by atoms with Crippen molar-refractivity contribution < 1.29 is 9.32 Å². The van der Waals surface area contributed by atoms with Crippen LogP contribution in [0.4, 0.5) is 0 Å². The van der Waals surface area contributed by atoms with Crippen LogP contribution in [0.15, 0.2) is 28.9 Å². The van der Waals surface area contributed by atoms with Crippen molar-refractivity contribution in [3.8, 4) is 0 Å². The maximum Gasteiger partial charge on any atom is 0.276 e. The molecule has 0 spiro atoms. The van der Waals surface area contributed by atoms with E-state index < -0.39 is 0 Å². The Balaban J connectivity index is 1.85. The van der Waals surface area contributed by atoms with Crippen molar-refractivity contribution in [1.29, 1.82) is 0 Å². The van der Waals surface area contributed by atoms with Crippen LogP contribution in [0.2, 0.25) is 0 Å². The first-order valence-corrected chi connectivity index (χ1v) is 7.31. The summed E-state index contributed by atoms with van der Waals surface area (Å²) in [7, 11) is 0. The van der Waals surface area contributed by atoms with Crippen LogP contribution in [-0.2, 0) is 12.0 Å². The van der Waals surface area contributed by atoms with Gasteiger partial charge in [0.2, 0.25) is 0 Å². The van der Waals surface area contributed by atoms with E-state index in [2.05, 4.69) is 22.0 Å². The van der Waals surface area contributed by atoms with Gasteiger partial charge in [-0.1, -0.05) is 25.9 Å². The maximum atomic E-state index is 12.7. The molecule has 0 N–H and O–H groups in total. The van der Waals surface area contributed by atoms with Crippen molar-refractivity contribution in [3.05, 3.63) is 41.5 Å². The normalized spacial score (nSPS) is 18.7. The highest BCUT2D eigenvalue weighted by Gasteiger charge is 2.31. The molecular formula is C16H21N3O2. The summed E-state index contributed by atoms with van der Waals surface area (Å²) >= 11 is 0. The number of carbonyl (C=O) groups excluding carboxylic acids is 1. The van der Waals surface area contributed by atoms with E-state index in [1.807, 2.05) is 38.7 Å². The second-order valence-corrected chi connectivity index (χ2v) is 6.63. The van der Waals surface area contributed by atoms with Gasteiger partial charge >= 0.3 is 0 Å². The summed E-state index contributed by atoms with van der Waals surface area (Å²) < 4.78 is 7.52. The standard InChI is InChI=1S/C16H21N3O2/c1-11-13-6-5-7-18(13)8-9-19(11)15(20)12-10-14(21-17-12)16(2,3)4/h5-7,10-11H,8-9H2,1-4H3/t11-/m0/s1. The number of hydrogen-bond donors (Lipinski definition) is 0. The third kappa shape index (κ3) is 2.37. The fourth-order valence-corrected chi connectivity index (χ4v) is 2.73. The Hall–Kier alpha value is -2.04. The van der Waals surface area contributed by atoms with Gasteiger partial charge in [-0.2, -0.15) is 0 Å². The Kier molecular flexibility index (Phi) is 3.15. The van der Waals surface area contributed by atoms with E-state index in [-0.39, 0.29) is 17.4 Å². The minimum absolute atomic E-state index is 0.0519. The van der Waals surface area contributed by atoms with E-state index in [9.17, 15) is 4.79 Å². The van der Waals surface area contributed by atoms with Crippen LogP contribution in [0.1, 0.15) is 55.7 Å². The van der Waals surface area contributed by atoms with Crippen LogP contribution < -0.4 is 0 Å². The smallest absolute Gasteiger partial charge is 0.276 e. The number of fused-ring (bicyclic) bond motifs is 1. The summed E-state index contributed by atoms with van der Waals surface area (Å²) in [5.74, 6) is 0.674. The molecule has 0 saturated carbocycles. The van der Waals surface area contributed by atoms with E-state index >= 15 is 0 Å². The van der Waals surface area contributed by atoms with Crippen molar-refractivity contribution in [1.82, 2.24) is 14.6 Å². The van der Waals surface area contributed by atoms with Crippen LogP contribution in [-0.4, -0.2) is 27.1 Å². The Morgan fingerprint density at radius 2 is 2.14 bits per heavy atom. The molecule has 0 aliphatic carbocycles. The molecule has 1 atom stereocenters. The molecule has 2 aromatic heterocycles. The summed E-state index contributed by atoms with van der Waals surface area (Å²) in [4.78, 5) is 14.5. The summed E-state index contributed by atoms with van der Waals surface area (Å²) in [6.45, 7) is 9.68. The Bertz CT molecular complexity index is 663. The van der Waals surface area contributed by atoms with Gasteiger partial charge in [-0.25, -0.2) is 0 Å². The number of aromatic nitrogens is 2. The lowest BCUT2D eigenvalue weighted by Crippen LogP contribution is -2.40. The van der Waals surface area contributed by atoms with Crippen LogP contribution in [0.5, 0.6) is 0 Å². The third-order valence-corrected chi connectivity index (χ3v) is 4.07. The molecule has 0 radical (unpaired) electrons. The minimum Gasteiger partial charge on any atom is -0.360 e. The zero-order valence-electron chi connectivity index (χ0n) is 13.0. The highest BCUT2D eigenvalue weighted by atomic mass is 16.5. The Morgan fingerprint density at radius 3 is 2.81 bits per heavy atom. The van der Waals surface area contributed by atoms with E-state index in [4.69, 9.17) is 4.52 Å². The maximum absolute atomic E-state index is 12.7. The molecule has 1 aliphatic heterocycles. The predicted octanol–water partition coefficient (Wildman–Crippen LogP) is 2.99. The molecular weight excluding hydrogens is 266 g/mol. The average molecular weight is 287 g/mol. The van der Waals surface area contributed by atoms with Gasteiger partial charge in [0.05, 0.1) is 6.04 Å². The summed E-state index contributed by atoms with van der Waals surface area (Å²) in [5.41, 5.74) is 1.41. The van der Waals surface area contributed by atoms with Crippen molar-refractivity contribution in [2.24, 2.45) is 0 Å². The average Bonchev–Trinajstić information content (AvgIpc) is 3.07. The molecule has 2 aromatic rings. The number of carbonyl (C=O) groups is 1. The second kappa shape index (κ2) is 4.76. The highest BCUT2D eigenvalue weighted by molar-refractivity contribution is 5.92. The van der Waals surface area contributed by atoms with E-state index in [1.54, 1.807) is 6.07 Å². The van der Waals surface area contributed by atoms with Gasteiger partial charge in [-0.3, -0.25) is 4.79 Å². The fraction of sp³-hybridized carbons (Fsp3) is 0.500. The van der Waals surface area contributed by atoms with Gasteiger partial charge in [-0.15, -0.1) is 0 Å². The van der Waals surface area contributed by atoms with E-state index in [0.29, 0.717) is 12.2 Å². The third-order valence-electron chi connectivity index (χ3n) is 4.07. The first-order valence-electron chi connectivity index (χ1n) is 7.31. The van der Waals surface area contributed by atoms with Crippen LogP contribution >= 0.6 is 0 Å². The highest BCUT2D eigenvalue weighted by Crippen LogP contribution is 2.28. The number of amides is 1. The summed E-state index contributed by atoms with van der Waals surface area (Å²) in [6.07, 6.45) is 2.06. The lowest BCUT2D eigenvalue weighted by Gasteiger charge is -2.34. The van der Waals surface area contributed by atoms with Crippen molar-refractivity contribution in [2.75, 3.05) is 6.54 Å². The minimum atomic E-state index is -0.145. The molecule has 21 heavy (non-hydrogen) atoms. The molecule has 0 aromatic carbocycles. The molecule has 0 fully saturated rings. The van der Waals surface area contributed by atoms with Gasteiger partial charge in [0, 0.05) is 36.5 Å². The van der Waals surface area contributed by atoms with Gasteiger partial charge in [0.25, 0.3) is 5.91 Å². The molecule has 112 valence electrons. The quantitative estimate of drug-likeness (QED) is 0.810. The van der Waals surface area contributed by atoms with Crippen molar-refractivity contribution in [3.63, 3.8) is 0 Å². The number of rotatable bonds is 1. The molecule has 5 heteroatoms. The van der Waals surface area contributed by atoms with E-state index in [0.717, 1.165) is 18.0 Å². The monoisotopic (exact) mass is 287 g/mol. The lowest BCUT2D eigenvalue weighted by molar-refractivity contribution is 0.0633. The van der Waals surface area contributed by atoms with E-state index in [1.165, 1.54) is 0 Å².